The molecule has 1 unspecified atom stereocenters. The Morgan fingerprint density at radius 1 is 0.323 bits per heavy atom. The van der Waals surface area contributed by atoms with Gasteiger partial charge in [-0.2, -0.15) is 0 Å². The zero-order chi connectivity index (χ0) is 47.2. The number of carbonyl (C=O) groups is 3. The standard InChI is InChI=1S/C59H106O6/c1-4-7-10-13-16-19-22-25-28-31-34-37-40-43-46-49-52-58(61)64-55-56(54-63-57(60)51-48-45-42-39-36-33-30-27-24-21-18-15-12-9-6-3)65-59(62)53-50-47-44-41-38-35-32-29-26-23-20-17-14-11-8-5-2/h7,10,16,19,21,24-25,28,56H,4-6,8-9,11-15,17-18,20,22-23,26-27,29-55H2,1-3H3/b10-7-,19-16-,24-21-,28-25-. The third-order valence-corrected chi connectivity index (χ3v) is 12.3. The molecule has 0 rings (SSSR count). The predicted molar refractivity (Wildman–Crippen MR) is 279 cm³/mol. The smallest absolute Gasteiger partial charge is 0.306 e. The quantitative estimate of drug-likeness (QED) is 0.0262. The van der Waals surface area contributed by atoms with E-state index in [4.69, 9.17) is 14.2 Å². The van der Waals surface area contributed by atoms with E-state index < -0.39 is 6.10 Å². The number of unbranched alkanes of at least 4 members (excludes halogenated alkanes) is 32. The van der Waals surface area contributed by atoms with Crippen molar-refractivity contribution in [3.63, 3.8) is 0 Å². The Balaban J connectivity index is 4.37. The lowest BCUT2D eigenvalue weighted by molar-refractivity contribution is -0.167. The first kappa shape index (κ1) is 62.4. The molecular formula is C59H106O6. The van der Waals surface area contributed by atoms with Crippen LogP contribution in [-0.2, 0) is 28.6 Å². The number of hydrogen-bond donors (Lipinski definition) is 0. The molecule has 0 aromatic carbocycles. The van der Waals surface area contributed by atoms with E-state index in [9.17, 15) is 14.4 Å². The van der Waals surface area contributed by atoms with Crippen LogP contribution in [0.2, 0.25) is 0 Å². The van der Waals surface area contributed by atoms with E-state index in [2.05, 4.69) is 69.4 Å². The maximum Gasteiger partial charge on any atom is 0.306 e. The molecular weight excluding hydrogens is 805 g/mol. The second-order valence-electron chi connectivity index (χ2n) is 18.8. The summed E-state index contributed by atoms with van der Waals surface area (Å²) in [5, 5.41) is 0. The second-order valence-corrected chi connectivity index (χ2v) is 18.8. The van der Waals surface area contributed by atoms with E-state index in [-0.39, 0.29) is 31.1 Å². The average molecular weight is 911 g/mol. The molecule has 0 aliphatic rings. The Morgan fingerprint density at radius 2 is 0.600 bits per heavy atom. The molecule has 0 radical (unpaired) electrons. The SMILES string of the molecule is CC/C=C\C/C=C\C/C=C\CCCCCCCCC(=O)OCC(COC(=O)CCCCCCCCC/C=C\CCCCCC)OC(=O)CCCCCCCCCCCCCCCCCC. The summed E-state index contributed by atoms with van der Waals surface area (Å²) in [6.07, 6.45) is 65.2. The zero-order valence-electron chi connectivity index (χ0n) is 43.3. The van der Waals surface area contributed by atoms with E-state index in [1.165, 1.54) is 167 Å². The summed E-state index contributed by atoms with van der Waals surface area (Å²) < 4.78 is 16.9. The fourth-order valence-corrected chi connectivity index (χ4v) is 8.10. The zero-order valence-corrected chi connectivity index (χ0v) is 43.3. The summed E-state index contributed by atoms with van der Waals surface area (Å²) in [6.45, 7) is 6.53. The maximum absolute atomic E-state index is 12.8. The molecule has 0 fully saturated rings. The topological polar surface area (TPSA) is 78.9 Å². The highest BCUT2D eigenvalue weighted by atomic mass is 16.6. The fourth-order valence-electron chi connectivity index (χ4n) is 8.10. The van der Waals surface area contributed by atoms with E-state index in [0.717, 1.165) is 83.5 Å². The molecule has 0 aliphatic carbocycles. The molecule has 1 atom stereocenters. The first-order valence-corrected chi connectivity index (χ1v) is 28.1. The number of allylic oxidation sites excluding steroid dienone is 8. The Bertz CT molecular complexity index is 1140. The van der Waals surface area contributed by atoms with Crippen LogP contribution in [0.15, 0.2) is 48.6 Å². The second kappa shape index (κ2) is 54.0. The molecule has 65 heavy (non-hydrogen) atoms. The number of rotatable bonds is 51. The van der Waals surface area contributed by atoms with Crippen LogP contribution in [0, 0.1) is 0 Å². The summed E-state index contributed by atoms with van der Waals surface area (Å²) in [5.74, 6) is -0.880. The summed E-state index contributed by atoms with van der Waals surface area (Å²) in [5.41, 5.74) is 0. The number of carbonyl (C=O) groups excluding carboxylic acids is 3. The summed E-state index contributed by atoms with van der Waals surface area (Å²) in [6, 6.07) is 0. The monoisotopic (exact) mass is 911 g/mol. The molecule has 0 aromatic rings. The molecule has 0 N–H and O–H groups in total. The van der Waals surface area contributed by atoms with Crippen LogP contribution in [0.25, 0.3) is 0 Å². The van der Waals surface area contributed by atoms with Gasteiger partial charge in [0.25, 0.3) is 0 Å². The summed E-state index contributed by atoms with van der Waals surface area (Å²) in [4.78, 5) is 38.1. The summed E-state index contributed by atoms with van der Waals surface area (Å²) >= 11 is 0. The van der Waals surface area contributed by atoms with Crippen LogP contribution in [0.1, 0.15) is 290 Å². The number of ether oxygens (including phenoxy) is 3. The van der Waals surface area contributed by atoms with E-state index in [0.29, 0.717) is 19.3 Å². The van der Waals surface area contributed by atoms with Crippen LogP contribution in [-0.4, -0.2) is 37.2 Å². The molecule has 378 valence electrons. The minimum Gasteiger partial charge on any atom is -0.462 e. The average Bonchev–Trinajstić information content (AvgIpc) is 3.30. The van der Waals surface area contributed by atoms with Crippen LogP contribution >= 0.6 is 0 Å². The third-order valence-electron chi connectivity index (χ3n) is 12.3. The van der Waals surface area contributed by atoms with Gasteiger partial charge in [0.15, 0.2) is 6.10 Å². The van der Waals surface area contributed by atoms with Gasteiger partial charge in [-0.3, -0.25) is 14.4 Å². The van der Waals surface area contributed by atoms with Crippen molar-refractivity contribution in [1.82, 2.24) is 0 Å². The molecule has 0 aliphatic heterocycles. The van der Waals surface area contributed by atoms with E-state index in [1.54, 1.807) is 0 Å². The van der Waals surface area contributed by atoms with Crippen molar-refractivity contribution in [2.24, 2.45) is 0 Å². The van der Waals surface area contributed by atoms with Crippen molar-refractivity contribution < 1.29 is 28.6 Å². The Hall–Kier alpha value is -2.63. The Kier molecular flexibility index (Phi) is 51.8. The molecule has 0 spiro atoms. The fraction of sp³-hybridized carbons (Fsp3) is 0.814. The number of esters is 3. The van der Waals surface area contributed by atoms with Gasteiger partial charge in [0.05, 0.1) is 0 Å². The van der Waals surface area contributed by atoms with Gasteiger partial charge in [-0.15, -0.1) is 0 Å². The lowest BCUT2D eigenvalue weighted by Gasteiger charge is -2.18. The molecule has 0 saturated heterocycles. The van der Waals surface area contributed by atoms with Crippen molar-refractivity contribution in [2.45, 2.75) is 297 Å². The lowest BCUT2D eigenvalue weighted by atomic mass is 10.0. The van der Waals surface area contributed by atoms with Crippen LogP contribution in [0.5, 0.6) is 0 Å². The van der Waals surface area contributed by atoms with Gasteiger partial charge in [0.1, 0.15) is 13.2 Å². The Labute approximate surface area is 403 Å². The first-order valence-electron chi connectivity index (χ1n) is 28.1. The third kappa shape index (κ3) is 52.2. The summed E-state index contributed by atoms with van der Waals surface area (Å²) in [7, 11) is 0. The van der Waals surface area contributed by atoms with Gasteiger partial charge in [-0.05, 0) is 77.0 Å². The minimum atomic E-state index is -0.777. The van der Waals surface area contributed by atoms with Crippen LogP contribution in [0.3, 0.4) is 0 Å². The largest absolute Gasteiger partial charge is 0.462 e. The molecule has 0 aromatic heterocycles. The predicted octanol–water partition coefficient (Wildman–Crippen LogP) is 18.7. The normalized spacial score (nSPS) is 12.4. The van der Waals surface area contributed by atoms with E-state index >= 15 is 0 Å². The van der Waals surface area contributed by atoms with Crippen LogP contribution < -0.4 is 0 Å². The highest BCUT2D eigenvalue weighted by Gasteiger charge is 2.19. The highest BCUT2D eigenvalue weighted by molar-refractivity contribution is 5.71. The van der Waals surface area contributed by atoms with Crippen LogP contribution in [0.4, 0.5) is 0 Å². The van der Waals surface area contributed by atoms with Gasteiger partial charge in [0.2, 0.25) is 0 Å². The van der Waals surface area contributed by atoms with E-state index in [1.807, 2.05) is 0 Å². The molecule has 0 bridgehead atoms. The highest BCUT2D eigenvalue weighted by Crippen LogP contribution is 2.16. The number of hydrogen-bond acceptors (Lipinski definition) is 6. The van der Waals surface area contributed by atoms with Crippen molar-refractivity contribution >= 4 is 17.9 Å². The Morgan fingerprint density at radius 3 is 0.969 bits per heavy atom. The molecule has 0 saturated carbocycles. The van der Waals surface area contributed by atoms with Crippen molar-refractivity contribution in [3.05, 3.63) is 48.6 Å². The van der Waals surface area contributed by atoms with Gasteiger partial charge < -0.3 is 14.2 Å². The first-order chi connectivity index (χ1) is 32.0. The van der Waals surface area contributed by atoms with Crippen molar-refractivity contribution in [3.8, 4) is 0 Å². The molecule has 0 amide bonds. The van der Waals surface area contributed by atoms with Gasteiger partial charge in [-0.25, -0.2) is 0 Å². The van der Waals surface area contributed by atoms with Gasteiger partial charge in [0, 0.05) is 19.3 Å². The molecule has 6 nitrogen and oxygen atoms in total. The van der Waals surface area contributed by atoms with Gasteiger partial charge >= 0.3 is 17.9 Å². The molecule has 6 heteroatoms. The minimum absolute atomic E-state index is 0.0769. The lowest BCUT2D eigenvalue weighted by Crippen LogP contribution is -2.30. The van der Waals surface area contributed by atoms with Crippen molar-refractivity contribution in [2.75, 3.05) is 13.2 Å². The van der Waals surface area contributed by atoms with Gasteiger partial charge in [-0.1, -0.05) is 243 Å². The maximum atomic E-state index is 12.8. The molecule has 0 heterocycles. The van der Waals surface area contributed by atoms with Crippen molar-refractivity contribution in [1.29, 1.82) is 0 Å².